The van der Waals surface area contributed by atoms with Crippen LogP contribution in [0.1, 0.15) is 15.2 Å². The molecule has 0 aliphatic heterocycles. The minimum absolute atomic E-state index is 0.154. The average molecular weight is 385 g/mol. The molecule has 0 amide bonds. The molecule has 8 heteroatoms. The van der Waals surface area contributed by atoms with E-state index in [0.29, 0.717) is 0 Å². The summed E-state index contributed by atoms with van der Waals surface area (Å²) < 4.78 is 11.1. The summed E-state index contributed by atoms with van der Waals surface area (Å²) in [5.74, 6) is 0.130. The van der Waals surface area contributed by atoms with E-state index in [2.05, 4.69) is 21.4 Å². The number of ether oxygens (including phenoxy) is 2. The van der Waals surface area contributed by atoms with Gasteiger partial charge in [-0.3, -0.25) is 9.79 Å². The SMILES string of the molecule is C=CCN=c1sc(C(=O)OC)cc(=O)n1/N=C/C=C/c1ccccc1OC. The van der Waals surface area contributed by atoms with Gasteiger partial charge in [-0.05, 0) is 18.2 Å². The number of hydrogen-bond acceptors (Lipinski definition) is 7. The maximum Gasteiger partial charge on any atom is 0.348 e. The quantitative estimate of drug-likeness (QED) is 0.416. The fourth-order valence-corrected chi connectivity index (χ4v) is 2.93. The first-order valence-corrected chi connectivity index (χ1v) is 8.73. The van der Waals surface area contributed by atoms with Gasteiger partial charge in [-0.25, -0.2) is 4.79 Å². The number of benzene rings is 1. The molecular weight excluding hydrogens is 366 g/mol. The van der Waals surface area contributed by atoms with Gasteiger partial charge in [0.2, 0.25) is 4.80 Å². The molecule has 0 unspecified atom stereocenters. The number of rotatable bonds is 7. The summed E-state index contributed by atoms with van der Waals surface area (Å²) >= 11 is 1.01. The Morgan fingerprint density at radius 3 is 2.81 bits per heavy atom. The van der Waals surface area contributed by atoms with E-state index in [4.69, 9.17) is 4.74 Å². The van der Waals surface area contributed by atoms with Gasteiger partial charge in [0.25, 0.3) is 5.56 Å². The molecule has 0 atom stereocenters. The number of carbonyl (C=O) groups is 1. The van der Waals surface area contributed by atoms with Crippen LogP contribution in [0, 0.1) is 0 Å². The zero-order valence-corrected chi connectivity index (χ0v) is 15.8. The lowest BCUT2D eigenvalue weighted by Gasteiger charge is -2.03. The second-order valence-electron chi connectivity index (χ2n) is 5.03. The molecule has 0 saturated heterocycles. The monoisotopic (exact) mass is 385 g/mol. The average Bonchev–Trinajstić information content (AvgIpc) is 2.70. The van der Waals surface area contributed by atoms with Crippen LogP contribution in [0.4, 0.5) is 0 Å². The summed E-state index contributed by atoms with van der Waals surface area (Å²) in [5, 5.41) is 4.14. The Hall–Kier alpha value is -3.26. The van der Waals surface area contributed by atoms with Crippen LogP contribution in [-0.4, -0.2) is 37.6 Å². The fourth-order valence-electron chi connectivity index (χ4n) is 2.04. The molecule has 0 N–H and O–H groups in total. The molecule has 1 heterocycles. The van der Waals surface area contributed by atoms with E-state index in [9.17, 15) is 9.59 Å². The number of para-hydroxylation sites is 1. The Labute approximate surface area is 160 Å². The van der Waals surface area contributed by atoms with Crippen molar-refractivity contribution in [2.24, 2.45) is 10.1 Å². The van der Waals surface area contributed by atoms with Crippen LogP contribution in [0.2, 0.25) is 0 Å². The Morgan fingerprint density at radius 1 is 1.33 bits per heavy atom. The van der Waals surface area contributed by atoms with Gasteiger partial charge in [-0.2, -0.15) is 9.78 Å². The van der Waals surface area contributed by atoms with Crippen molar-refractivity contribution in [3.05, 3.63) is 74.7 Å². The van der Waals surface area contributed by atoms with Crippen LogP contribution in [0.5, 0.6) is 5.75 Å². The standard InChI is InChI=1S/C19H19N3O4S/c1-4-11-20-19-22(17(23)13-16(27-19)18(24)26-3)21-12-7-9-14-8-5-6-10-15(14)25-2/h4-10,12-13H,1,11H2,2-3H3/b9-7+,20-19?,21-12+. The maximum absolute atomic E-state index is 12.3. The summed E-state index contributed by atoms with van der Waals surface area (Å²) in [4.78, 5) is 28.7. The number of nitrogens with zero attached hydrogens (tertiary/aromatic N) is 3. The Morgan fingerprint density at radius 2 is 2.11 bits per heavy atom. The molecule has 0 fully saturated rings. The van der Waals surface area contributed by atoms with E-state index >= 15 is 0 Å². The van der Waals surface area contributed by atoms with Crippen molar-refractivity contribution in [1.82, 2.24) is 4.68 Å². The molecule has 0 radical (unpaired) electrons. The van der Waals surface area contributed by atoms with Gasteiger partial charge >= 0.3 is 5.97 Å². The van der Waals surface area contributed by atoms with Crippen LogP contribution >= 0.6 is 11.3 Å². The first kappa shape index (κ1) is 20.1. The minimum atomic E-state index is -0.598. The molecule has 2 aromatic rings. The molecule has 1 aromatic heterocycles. The number of esters is 1. The highest BCUT2D eigenvalue weighted by Gasteiger charge is 2.10. The van der Waals surface area contributed by atoms with Crippen LogP contribution in [0.25, 0.3) is 6.08 Å². The van der Waals surface area contributed by atoms with Gasteiger partial charge in [0.05, 0.1) is 20.8 Å². The maximum atomic E-state index is 12.3. The van der Waals surface area contributed by atoms with Crippen molar-refractivity contribution >= 4 is 29.6 Å². The van der Waals surface area contributed by atoms with Gasteiger partial charge in [0.1, 0.15) is 10.6 Å². The molecule has 0 aliphatic carbocycles. The van der Waals surface area contributed by atoms with Crippen LogP contribution in [-0.2, 0) is 4.74 Å². The number of allylic oxidation sites excluding steroid dienone is 1. The third kappa shape index (κ3) is 5.35. The van der Waals surface area contributed by atoms with E-state index in [1.54, 1.807) is 25.3 Å². The van der Waals surface area contributed by atoms with Gasteiger partial charge in [0, 0.05) is 17.8 Å². The van der Waals surface area contributed by atoms with Crippen molar-refractivity contribution in [3.8, 4) is 5.75 Å². The third-order valence-corrected chi connectivity index (χ3v) is 4.26. The first-order valence-electron chi connectivity index (χ1n) is 7.91. The molecule has 0 bridgehead atoms. The Kier molecular flexibility index (Phi) is 7.45. The van der Waals surface area contributed by atoms with E-state index in [0.717, 1.165) is 27.3 Å². The zero-order valence-electron chi connectivity index (χ0n) is 15.0. The molecule has 0 saturated carbocycles. The summed E-state index contributed by atoms with van der Waals surface area (Å²) in [5.41, 5.74) is 0.387. The van der Waals surface area contributed by atoms with Crippen molar-refractivity contribution in [2.75, 3.05) is 20.8 Å². The highest BCUT2D eigenvalue weighted by Crippen LogP contribution is 2.18. The topological polar surface area (TPSA) is 82.2 Å². The molecule has 0 aliphatic rings. The lowest BCUT2D eigenvalue weighted by molar-refractivity contribution is 0.0606. The first-order chi connectivity index (χ1) is 13.1. The van der Waals surface area contributed by atoms with E-state index in [-0.39, 0.29) is 16.2 Å². The van der Waals surface area contributed by atoms with Crippen LogP contribution < -0.4 is 15.1 Å². The van der Waals surface area contributed by atoms with Crippen molar-refractivity contribution in [2.45, 2.75) is 0 Å². The second kappa shape index (κ2) is 10.0. The molecule has 2 rings (SSSR count). The van der Waals surface area contributed by atoms with Crippen LogP contribution in [0.3, 0.4) is 0 Å². The zero-order chi connectivity index (χ0) is 19.6. The molecular formula is C19H19N3O4S. The summed E-state index contributed by atoms with van der Waals surface area (Å²) in [7, 11) is 2.85. The third-order valence-electron chi connectivity index (χ3n) is 3.27. The van der Waals surface area contributed by atoms with Crippen molar-refractivity contribution in [1.29, 1.82) is 0 Å². The van der Waals surface area contributed by atoms with Gasteiger partial charge in [-0.15, -0.1) is 6.58 Å². The Bertz CT molecular complexity index is 1000. The molecule has 1 aromatic carbocycles. The molecule has 140 valence electrons. The normalized spacial score (nSPS) is 11.9. The number of hydrogen-bond donors (Lipinski definition) is 0. The van der Waals surface area contributed by atoms with Crippen molar-refractivity contribution in [3.63, 3.8) is 0 Å². The summed E-state index contributed by atoms with van der Waals surface area (Å²) in [6.07, 6.45) is 6.53. The number of carbonyl (C=O) groups excluding carboxylic acids is 1. The second-order valence-corrected chi connectivity index (χ2v) is 6.04. The molecule has 7 nitrogen and oxygen atoms in total. The predicted octanol–water partition coefficient (Wildman–Crippen LogP) is 2.34. The van der Waals surface area contributed by atoms with E-state index in [1.165, 1.54) is 19.4 Å². The van der Waals surface area contributed by atoms with Crippen LogP contribution in [0.15, 0.2) is 64.0 Å². The lowest BCUT2D eigenvalue weighted by atomic mass is 10.2. The van der Waals surface area contributed by atoms with Gasteiger partial charge < -0.3 is 9.47 Å². The number of aromatic nitrogens is 1. The van der Waals surface area contributed by atoms with E-state index < -0.39 is 11.5 Å². The predicted molar refractivity (Wildman–Crippen MR) is 106 cm³/mol. The van der Waals surface area contributed by atoms with Crippen molar-refractivity contribution < 1.29 is 14.3 Å². The minimum Gasteiger partial charge on any atom is -0.496 e. The Balaban J connectivity index is 2.38. The molecule has 0 spiro atoms. The highest BCUT2D eigenvalue weighted by molar-refractivity contribution is 7.11. The van der Waals surface area contributed by atoms with E-state index in [1.807, 2.05) is 24.3 Å². The largest absolute Gasteiger partial charge is 0.496 e. The lowest BCUT2D eigenvalue weighted by Crippen LogP contribution is -2.30. The highest BCUT2D eigenvalue weighted by atomic mass is 32.1. The summed E-state index contributed by atoms with van der Waals surface area (Å²) in [6, 6.07) is 8.68. The molecule has 27 heavy (non-hydrogen) atoms. The smallest absolute Gasteiger partial charge is 0.348 e. The number of methoxy groups -OCH3 is 2. The summed E-state index contributed by atoms with van der Waals surface area (Å²) in [6.45, 7) is 3.88. The fraction of sp³-hybridized carbons (Fsp3) is 0.158. The van der Waals surface area contributed by atoms with Gasteiger partial charge in [0.15, 0.2) is 0 Å². The van der Waals surface area contributed by atoms with Gasteiger partial charge in [-0.1, -0.05) is 35.6 Å².